The maximum Gasteiger partial charge on any atom is 0.253 e. The molecular weight excluding hydrogens is 254 g/mol. The van der Waals surface area contributed by atoms with Gasteiger partial charge in [-0.25, -0.2) is 4.98 Å². The van der Waals surface area contributed by atoms with Gasteiger partial charge in [-0.15, -0.1) is 0 Å². The second-order valence-corrected chi connectivity index (χ2v) is 5.28. The molecule has 2 N–H and O–H groups in total. The molecule has 0 aliphatic carbocycles. The van der Waals surface area contributed by atoms with Gasteiger partial charge < -0.3 is 15.0 Å². The Morgan fingerprint density at radius 1 is 1.25 bits per heavy atom. The Bertz CT molecular complexity index is 613. The topological polar surface area (TPSA) is 69.2 Å². The Labute approximate surface area is 117 Å². The summed E-state index contributed by atoms with van der Waals surface area (Å²) in [7, 11) is 0. The van der Waals surface area contributed by atoms with Gasteiger partial charge in [0.1, 0.15) is 12.4 Å². The van der Waals surface area contributed by atoms with Crippen molar-refractivity contribution in [2.75, 3.05) is 13.1 Å². The van der Waals surface area contributed by atoms with Crippen molar-refractivity contribution in [3.05, 3.63) is 29.6 Å². The molecule has 1 aliphatic heterocycles. The van der Waals surface area contributed by atoms with Crippen LogP contribution >= 0.6 is 0 Å². The van der Waals surface area contributed by atoms with Gasteiger partial charge >= 0.3 is 0 Å². The molecule has 1 aromatic carbocycles. The number of fused-ring (bicyclic) bond motifs is 1. The number of carbonyl (C=O) groups excluding carboxylic acids is 1. The van der Waals surface area contributed by atoms with Gasteiger partial charge in [-0.05, 0) is 31.0 Å². The quantitative estimate of drug-likeness (QED) is 0.880. The van der Waals surface area contributed by atoms with Crippen LogP contribution in [0.3, 0.4) is 0 Å². The molecule has 3 rings (SSSR count). The number of likely N-dealkylation sites (tertiary alicyclic amines) is 1. The van der Waals surface area contributed by atoms with E-state index in [0.717, 1.165) is 37.0 Å². The summed E-state index contributed by atoms with van der Waals surface area (Å²) in [6.07, 6.45) is 4.60. The fourth-order valence-electron chi connectivity index (χ4n) is 2.73. The number of hydrogen-bond donors (Lipinski definition) is 2. The average molecular weight is 273 g/mol. The van der Waals surface area contributed by atoms with Crippen LogP contribution in [0.15, 0.2) is 18.2 Å². The highest BCUT2D eigenvalue weighted by Crippen LogP contribution is 2.17. The molecule has 20 heavy (non-hydrogen) atoms. The number of benzene rings is 1. The number of H-pyrrole nitrogens is 1. The van der Waals surface area contributed by atoms with Crippen molar-refractivity contribution in [3.63, 3.8) is 0 Å². The monoisotopic (exact) mass is 273 g/mol. The van der Waals surface area contributed by atoms with Crippen LogP contribution < -0.4 is 0 Å². The summed E-state index contributed by atoms with van der Waals surface area (Å²) in [6.45, 7) is 1.58. The molecule has 1 fully saturated rings. The third-order valence-corrected chi connectivity index (χ3v) is 3.82. The summed E-state index contributed by atoms with van der Waals surface area (Å²) in [6, 6.07) is 5.47. The van der Waals surface area contributed by atoms with Gasteiger partial charge in [-0.2, -0.15) is 0 Å². The molecule has 0 saturated carbocycles. The molecule has 0 bridgehead atoms. The Morgan fingerprint density at radius 3 is 2.70 bits per heavy atom. The lowest BCUT2D eigenvalue weighted by Gasteiger charge is -2.20. The lowest BCUT2D eigenvalue weighted by molar-refractivity contribution is 0.0762. The number of hydrogen-bond acceptors (Lipinski definition) is 3. The predicted octanol–water partition coefficient (Wildman–Crippen LogP) is 2.07. The van der Waals surface area contributed by atoms with Crippen LogP contribution in [0, 0.1) is 0 Å². The van der Waals surface area contributed by atoms with Crippen LogP contribution in [0.4, 0.5) is 0 Å². The Kier molecular flexibility index (Phi) is 3.69. The minimum Gasteiger partial charge on any atom is -0.388 e. The number of carbonyl (C=O) groups is 1. The van der Waals surface area contributed by atoms with E-state index >= 15 is 0 Å². The first kappa shape index (κ1) is 13.1. The van der Waals surface area contributed by atoms with Gasteiger partial charge in [0.25, 0.3) is 5.91 Å². The van der Waals surface area contributed by atoms with Crippen molar-refractivity contribution in [2.45, 2.75) is 32.3 Å². The van der Waals surface area contributed by atoms with E-state index in [0.29, 0.717) is 11.4 Å². The average Bonchev–Trinajstić information content (AvgIpc) is 2.70. The highest BCUT2D eigenvalue weighted by molar-refractivity contribution is 5.97. The van der Waals surface area contributed by atoms with E-state index in [2.05, 4.69) is 9.97 Å². The number of aromatic amines is 1. The molecule has 5 nitrogen and oxygen atoms in total. The number of aliphatic hydroxyl groups excluding tert-OH is 1. The number of nitrogens with zero attached hydrogens (tertiary/aromatic N) is 2. The molecule has 0 atom stereocenters. The van der Waals surface area contributed by atoms with E-state index in [1.807, 2.05) is 23.1 Å². The molecule has 1 amide bonds. The summed E-state index contributed by atoms with van der Waals surface area (Å²) in [5.74, 6) is 0.619. The van der Waals surface area contributed by atoms with Crippen molar-refractivity contribution in [3.8, 4) is 0 Å². The van der Waals surface area contributed by atoms with Crippen molar-refractivity contribution in [1.29, 1.82) is 0 Å². The van der Waals surface area contributed by atoms with Crippen molar-refractivity contribution >= 4 is 16.9 Å². The fourth-order valence-corrected chi connectivity index (χ4v) is 2.73. The van der Waals surface area contributed by atoms with Gasteiger partial charge in [0.05, 0.1) is 11.0 Å². The molecule has 2 heterocycles. The highest BCUT2D eigenvalue weighted by atomic mass is 16.3. The summed E-state index contributed by atoms with van der Waals surface area (Å²) in [5, 5.41) is 9.08. The smallest absolute Gasteiger partial charge is 0.253 e. The third-order valence-electron chi connectivity index (χ3n) is 3.82. The van der Waals surface area contributed by atoms with Gasteiger partial charge in [-0.1, -0.05) is 12.8 Å². The number of aliphatic hydroxyl groups is 1. The number of aromatic nitrogens is 2. The van der Waals surface area contributed by atoms with E-state index in [1.54, 1.807) is 0 Å². The SMILES string of the molecule is O=C(c1ccc2nc(CO)[nH]c2c1)N1CCCCCC1. The molecule has 0 unspecified atom stereocenters. The van der Waals surface area contributed by atoms with Gasteiger partial charge in [0.2, 0.25) is 0 Å². The second-order valence-electron chi connectivity index (χ2n) is 5.28. The summed E-state index contributed by atoms with van der Waals surface area (Å²) in [5.41, 5.74) is 2.27. The van der Waals surface area contributed by atoms with Gasteiger partial charge in [0, 0.05) is 18.7 Å². The zero-order valence-electron chi connectivity index (χ0n) is 11.4. The van der Waals surface area contributed by atoms with E-state index in [4.69, 9.17) is 5.11 Å². The lowest BCUT2D eigenvalue weighted by Crippen LogP contribution is -2.31. The maximum absolute atomic E-state index is 12.5. The summed E-state index contributed by atoms with van der Waals surface area (Å²) in [4.78, 5) is 21.7. The Hall–Kier alpha value is -1.88. The zero-order chi connectivity index (χ0) is 13.9. The van der Waals surface area contributed by atoms with E-state index < -0.39 is 0 Å². The number of amides is 1. The molecular formula is C15H19N3O2. The van der Waals surface area contributed by atoms with Crippen LogP contribution in [0.25, 0.3) is 11.0 Å². The minimum atomic E-state index is -0.121. The Balaban J connectivity index is 1.86. The van der Waals surface area contributed by atoms with Crippen LogP contribution in [-0.2, 0) is 6.61 Å². The molecule has 5 heteroatoms. The molecule has 1 aliphatic rings. The number of rotatable bonds is 2. The number of imidazole rings is 1. The maximum atomic E-state index is 12.5. The standard InChI is InChI=1S/C15H19N3O2/c19-10-14-16-12-6-5-11(9-13(12)17-14)15(20)18-7-3-1-2-4-8-18/h5-6,9,19H,1-4,7-8,10H2,(H,16,17). The van der Waals surface area contributed by atoms with Gasteiger partial charge in [-0.3, -0.25) is 4.79 Å². The molecule has 1 aromatic heterocycles. The lowest BCUT2D eigenvalue weighted by atomic mass is 10.1. The molecule has 2 aromatic rings. The molecule has 0 radical (unpaired) electrons. The van der Waals surface area contributed by atoms with E-state index in [1.165, 1.54) is 12.8 Å². The van der Waals surface area contributed by atoms with Crippen molar-refractivity contribution in [2.24, 2.45) is 0 Å². The summed E-state index contributed by atoms with van der Waals surface area (Å²) >= 11 is 0. The fraction of sp³-hybridized carbons (Fsp3) is 0.467. The first-order valence-corrected chi connectivity index (χ1v) is 7.17. The van der Waals surface area contributed by atoms with Crippen LogP contribution in [0.1, 0.15) is 41.9 Å². The third kappa shape index (κ3) is 2.54. The van der Waals surface area contributed by atoms with Crippen LogP contribution in [0.5, 0.6) is 0 Å². The Morgan fingerprint density at radius 2 is 2.00 bits per heavy atom. The van der Waals surface area contributed by atoms with Crippen molar-refractivity contribution in [1.82, 2.24) is 14.9 Å². The first-order chi connectivity index (χ1) is 9.78. The van der Waals surface area contributed by atoms with E-state index in [9.17, 15) is 4.79 Å². The largest absolute Gasteiger partial charge is 0.388 e. The summed E-state index contributed by atoms with van der Waals surface area (Å²) < 4.78 is 0. The van der Waals surface area contributed by atoms with Crippen LogP contribution in [-0.4, -0.2) is 39.0 Å². The molecule has 1 saturated heterocycles. The van der Waals surface area contributed by atoms with Crippen LogP contribution in [0.2, 0.25) is 0 Å². The normalized spacial score (nSPS) is 16.4. The molecule has 106 valence electrons. The predicted molar refractivity (Wildman–Crippen MR) is 76.4 cm³/mol. The van der Waals surface area contributed by atoms with E-state index in [-0.39, 0.29) is 12.5 Å². The minimum absolute atomic E-state index is 0.0916. The van der Waals surface area contributed by atoms with Crippen molar-refractivity contribution < 1.29 is 9.90 Å². The highest BCUT2D eigenvalue weighted by Gasteiger charge is 2.17. The first-order valence-electron chi connectivity index (χ1n) is 7.17. The zero-order valence-corrected chi connectivity index (χ0v) is 11.4. The van der Waals surface area contributed by atoms with Gasteiger partial charge in [0.15, 0.2) is 0 Å². The number of nitrogens with one attached hydrogen (secondary N) is 1. The second kappa shape index (κ2) is 5.63. The molecule has 0 spiro atoms.